The number of hydrogen-bond acceptors (Lipinski definition) is 3. The van der Waals surface area contributed by atoms with Crippen molar-refractivity contribution in [2.45, 2.75) is 13.1 Å². The molecule has 170 valence electrons. The molecule has 34 heavy (non-hydrogen) atoms. The van der Waals surface area contributed by atoms with E-state index in [0.29, 0.717) is 22.0 Å². The number of halogens is 3. The summed E-state index contributed by atoms with van der Waals surface area (Å²) in [6.45, 7) is 0.666. The fourth-order valence-electron chi connectivity index (χ4n) is 3.90. The summed E-state index contributed by atoms with van der Waals surface area (Å²) in [7, 11) is 0. The molecular formula is C26H17BrClFN2O2S. The van der Waals surface area contributed by atoms with E-state index in [-0.39, 0.29) is 23.5 Å². The number of nitrogens with zero attached hydrogens (tertiary/aromatic N) is 2. The van der Waals surface area contributed by atoms with Gasteiger partial charge in [0.1, 0.15) is 5.82 Å². The van der Waals surface area contributed by atoms with Crippen LogP contribution < -0.4 is 0 Å². The average Bonchev–Trinajstić information content (AvgIpc) is 3.28. The van der Waals surface area contributed by atoms with Crippen molar-refractivity contribution in [3.8, 4) is 0 Å². The van der Waals surface area contributed by atoms with Crippen molar-refractivity contribution in [2.24, 2.45) is 0 Å². The van der Waals surface area contributed by atoms with E-state index in [1.807, 2.05) is 48.7 Å². The lowest BCUT2D eigenvalue weighted by Gasteiger charge is -2.12. The highest BCUT2D eigenvalue weighted by molar-refractivity contribution is 9.10. The lowest BCUT2D eigenvalue weighted by Crippen LogP contribution is -2.27. The molecule has 1 aliphatic rings. The Kier molecular flexibility index (Phi) is 6.34. The van der Waals surface area contributed by atoms with Gasteiger partial charge in [0.05, 0.1) is 11.4 Å². The number of aromatic nitrogens is 1. The van der Waals surface area contributed by atoms with Gasteiger partial charge in [-0.1, -0.05) is 57.9 Å². The van der Waals surface area contributed by atoms with Crippen molar-refractivity contribution in [3.63, 3.8) is 0 Å². The summed E-state index contributed by atoms with van der Waals surface area (Å²) < 4.78 is 16.2. The molecule has 4 aromatic rings. The molecule has 1 aromatic heterocycles. The van der Waals surface area contributed by atoms with Gasteiger partial charge in [-0.2, -0.15) is 0 Å². The van der Waals surface area contributed by atoms with Gasteiger partial charge < -0.3 is 4.57 Å². The molecule has 2 amide bonds. The third-order valence-electron chi connectivity index (χ3n) is 5.59. The van der Waals surface area contributed by atoms with E-state index in [1.165, 1.54) is 17.0 Å². The van der Waals surface area contributed by atoms with Gasteiger partial charge in [0.25, 0.3) is 11.1 Å². The van der Waals surface area contributed by atoms with Crippen LogP contribution in [0.2, 0.25) is 5.02 Å². The summed E-state index contributed by atoms with van der Waals surface area (Å²) in [6.07, 6.45) is 3.72. The predicted molar refractivity (Wildman–Crippen MR) is 138 cm³/mol. The Balaban J connectivity index is 1.49. The molecule has 1 aliphatic heterocycles. The Morgan fingerprint density at radius 3 is 2.53 bits per heavy atom. The maximum absolute atomic E-state index is 13.2. The highest BCUT2D eigenvalue weighted by Crippen LogP contribution is 2.36. The number of rotatable bonds is 5. The second-order valence-electron chi connectivity index (χ2n) is 7.86. The van der Waals surface area contributed by atoms with E-state index in [1.54, 1.807) is 18.2 Å². The normalized spacial score (nSPS) is 15.1. The predicted octanol–water partition coefficient (Wildman–Crippen LogP) is 7.48. The molecule has 1 fully saturated rings. The van der Waals surface area contributed by atoms with E-state index < -0.39 is 0 Å². The van der Waals surface area contributed by atoms with E-state index >= 15 is 0 Å². The molecule has 0 radical (unpaired) electrons. The molecular weight excluding hydrogens is 539 g/mol. The second kappa shape index (κ2) is 9.41. The monoisotopic (exact) mass is 554 g/mol. The van der Waals surface area contributed by atoms with Gasteiger partial charge in [-0.25, -0.2) is 4.39 Å². The van der Waals surface area contributed by atoms with Crippen LogP contribution in [0.3, 0.4) is 0 Å². The first-order valence-electron chi connectivity index (χ1n) is 10.4. The van der Waals surface area contributed by atoms with E-state index in [0.717, 1.165) is 38.3 Å². The summed E-state index contributed by atoms with van der Waals surface area (Å²) in [5.74, 6) is -0.724. The largest absolute Gasteiger partial charge is 0.342 e. The second-order valence-corrected chi connectivity index (χ2v) is 10.2. The fourth-order valence-corrected chi connectivity index (χ4v) is 5.29. The Labute approximate surface area is 213 Å². The van der Waals surface area contributed by atoms with Crippen molar-refractivity contribution < 1.29 is 14.0 Å². The minimum atomic E-state index is -0.364. The van der Waals surface area contributed by atoms with Crippen molar-refractivity contribution in [1.29, 1.82) is 0 Å². The molecule has 0 N–H and O–H groups in total. The van der Waals surface area contributed by atoms with Gasteiger partial charge in [0, 0.05) is 38.7 Å². The molecule has 0 aliphatic carbocycles. The minimum absolute atomic E-state index is 0.0993. The van der Waals surface area contributed by atoms with Crippen molar-refractivity contribution >= 4 is 67.4 Å². The molecule has 4 nitrogen and oxygen atoms in total. The Morgan fingerprint density at radius 2 is 1.76 bits per heavy atom. The van der Waals surface area contributed by atoms with Gasteiger partial charge in [-0.05, 0) is 65.4 Å². The van der Waals surface area contributed by atoms with Crippen LogP contribution in [0.1, 0.15) is 16.7 Å². The molecule has 2 heterocycles. The van der Waals surface area contributed by atoms with Crippen LogP contribution >= 0.6 is 39.3 Å². The van der Waals surface area contributed by atoms with Crippen LogP contribution in [0.4, 0.5) is 9.18 Å². The number of benzene rings is 3. The standard InChI is InChI=1S/C26H17BrClFN2O2S/c27-19-7-10-23-21(12-19)18(15-30(23)14-17-3-1-2-4-22(17)28)11-24-25(32)31(26(33)34-24)13-16-5-8-20(29)9-6-16/h1-12,15H,13-14H2/b24-11-. The van der Waals surface area contributed by atoms with E-state index in [4.69, 9.17) is 11.6 Å². The number of thioether (sulfide) groups is 1. The van der Waals surface area contributed by atoms with Crippen LogP contribution in [0, 0.1) is 5.82 Å². The SMILES string of the molecule is O=C1S/C(=C\c2cn(Cc3ccccc3Cl)c3ccc(Br)cc23)C(=O)N1Cc1ccc(F)cc1. The summed E-state index contributed by atoms with van der Waals surface area (Å²) >= 11 is 10.8. The van der Waals surface area contributed by atoms with Crippen molar-refractivity contribution in [2.75, 3.05) is 0 Å². The van der Waals surface area contributed by atoms with Gasteiger partial charge in [0.2, 0.25) is 0 Å². The molecule has 0 unspecified atom stereocenters. The third-order valence-corrected chi connectivity index (χ3v) is 7.36. The quantitative estimate of drug-likeness (QED) is 0.240. The molecule has 0 saturated carbocycles. The maximum Gasteiger partial charge on any atom is 0.293 e. The Hall–Kier alpha value is -2.87. The van der Waals surface area contributed by atoms with Gasteiger partial charge in [-0.3, -0.25) is 14.5 Å². The molecule has 5 rings (SSSR count). The first kappa shape index (κ1) is 22.9. The van der Waals surface area contributed by atoms with Gasteiger partial charge in [0.15, 0.2) is 0 Å². The molecule has 8 heteroatoms. The van der Waals surface area contributed by atoms with Crippen molar-refractivity contribution in [3.05, 3.63) is 110 Å². The third kappa shape index (κ3) is 4.56. The fraction of sp³-hybridized carbons (Fsp3) is 0.0769. The molecule has 3 aromatic carbocycles. The average molecular weight is 556 g/mol. The smallest absolute Gasteiger partial charge is 0.293 e. The first-order valence-corrected chi connectivity index (χ1v) is 12.4. The Morgan fingerprint density at radius 1 is 1.00 bits per heavy atom. The zero-order valence-corrected chi connectivity index (χ0v) is 20.8. The molecule has 0 atom stereocenters. The summed E-state index contributed by atoms with van der Waals surface area (Å²) in [5.41, 5.74) is 3.48. The number of carbonyl (C=O) groups is 2. The number of carbonyl (C=O) groups excluding carboxylic acids is 2. The molecule has 0 spiro atoms. The lowest BCUT2D eigenvalue weighted by molar-refractivity contribution is -0.123. The molecule has 0 bridgehead atoms. The van der Waals surface area contributed by atoms with Crippen LogP contribution in [-0.4, -0.2) is 20.6 Å². The van der Waals surface area contributed by atoms with Crippen LogP contribution in [-0.2, 0) is 17.9 Å². The summed E-state index contributed by atoms with van der Waals surface area (Å²) in [6, 6.07) is 19.4. The Bertz CT molecular complexity index is 1470. The topological polar surface area (TPSA) is 42.3 Å². The number of imide groups is 1. The highest BCUT2D eigenvalue weighted by atomic mass is 79.9. The zero-order valence-electron chi connectivity index (χ0n) is 17.7. The summed E-state index contributed by atoms with van der Waals surface area (Å²) in [4.78, 5) is 27.2. The maximum atomic E-state index is 13.2. The number of hydrogen-bond donors (Lipinski definition) is 0. The van der Waals surface area contributed by atoms with Gasteiger partial charge >= 0.3 is 0 Å². The molecule has 1 saturated heterocycles. The highest BCUT2D eigenvalue weighted by Gasteiger charge is 2.35. The van der Waals surface area contributed by atoms with Crippen LogP contribution in [0.15, 0.2) is 82.3 Å². The van der Waals surface area contributed by atoms with E-state index in [2.05, 4.69) is 20.5 Å². The minimum Gasteiger partial charge on any atom is -0.342 e. The van der Waals surface area contributed by atoms with E-state index in [9.17, 15) is 14.0 Å². The van der Waals surface area contributed by atoms with Crippen molar-refractivity contribution in [1.82, 2.24) is 9.47 Å². The number of fused-ring (bicyclic) bond motifs is 1. The zero-order chi connectivity index (χ0) is 23.8. The van der Waals surface area contributed by atoms with Crippen LogP contribution in [0.25, 0.3) is 17.0 Å². The first-order chi connectivity index (χ1) is 16.4. The number of amides is 2. The summed E-state index contributed by atoms with van der Waals surface area (Å²) in [5, 5.41) is 1.29. The van der Waals surface area contributed by atoms with Gasteiger partial charge in [-0.15, -0.1) is 0 Å². The lowest BCUT2D eigenvalue weighted by atomic mass is 10.1. The van der Waals surface area contributed by atoms with Crippen LogP contribution in [0.5, 0.6) is 0 Å².